The van der Waals surface area contributed by atoms with Gasteiger partial charge in [0.15, 0.2) is 11.5 Å². The minimum atomic E-state index is 0.0339. The van der Waals surface area contributed by atoms with Gasteiger partial charge in [0.2, 0.25) is 6.79 Å². The molecule has 0 bridgehead atoms. The van der Waals surface area contributed by atoms with Crippen molar-refractivity contribution in [3.05, 3.63) is 64.1 Å². The molecule has 0 spiro atoms. The molecule has 3 heterocycles. The predicted molar refractivity (Wildman–Crippen MR) is 116 cm³/mol. The highest BCUT2D eigenvalue weighted by molar-refractivity contribution is 7.13. The van der Waals surface area contributed by atoms with Crippen LogP contribution in [0.3, 0.4) is 0 Å². The van der Waals surface area contributed by atoms with Crippen LogP contribution in [0, 0.1) is 0 Å². The average molecular weight is 442 g/mol. The first-order valence-corrected chi connectivity index (χ1v) is 11.0. The molecule has 3 aromatic rings. The molecular formula is C22H20ClN3O3S. The van der Waals surface area contributed by atoms with Gasteiger partial charge in [-0.3, -0.25) is 9.69 Å². The molecule has 0 radical (unpaired) electrons. The molecule has 1 saturated heterocycles. The van der Waals surface area contributed by atoms with E-state index in [1.54, 1.807) is 29.5 Å². The van der Waals surface area contributed by atoms with Gasteiger partial charge in [0.1, 0.15) is 5.01 Å². The number of ether oxygens (including phenoxy) is 2. The number of nitrogens with zero attached hydrogens (tertiary/aromatic N) is 3. The Kier molecular flexibility index (Phi) is 5.33. The number of benzene rings is 2. The Hall–Kier alpha value is -2.61. The number of amides is 1. The third-order valence-corrected chi connectivity index (χ3v) is 6.50. The van der Waals surface area contributed by atoms with Crippen LogP contribution < -0.4 is 9.47 Å². The summed E-state index contributed by atoms with van der Waals surface area (Å²) in [5.74, 6) is 1.36. The quantitative estimate of drug-likeness (QED) is 0.608. The van der Waals surface area contributed by atoms with Crippen LogP contribution in [-0.4, -0.2) is 53.7 Å². The zero-order valence-corrected chi connectivity index (χ0v) is 17.8. The average Bonchev–Trinajstić information content (AvgIpc) is 3.43. The molecule has 1 fully saturated rings. The third-order valence-electron chi connectivity index (χ3n) is 5.31. The molecule has 2 aliphatic heterocycles. The standard InChI is InChI=1S/C22H20ClN3O3S/c23-17-4-1-15(2-5-17)21-24-18(13-30-21)12-25-7-9-26(10-8-25)22(27)16-3-6-19-20(11-16)29-14-28-19/h1-6,11,13H,7-10,12,14H2. The van der Waals surface area contributed by atoms with E-state index in [1.807, 2.05) is 29.2 Å². The minimum absolute atomic E-state index is 0.0339. The van der Waals surface area contributed by atoms with Gasteiger partial charge < -0.3 is 14.4 Å². The number of hydrogen-bond donors (Lipinski definition) is 0. The van der Waals surface area contributed by atoms with E-state index in [4.69, 9.17) is 26.1 Å². The number of carbonyl (C=O) groups excluding carboxylic acids is 1. The number of piperazine rings is 1. The van der Waals surface area contributed by atoms with Gasteiger partial charge in [-0.1, -0.05) is 23.7 Å². The van der Waals surface area contributed by atoms with Crippen LogP contribution >= 0.6 is 22.9 Å². The lowest BCUT2D eigenvalue weighted by Gasteiger charge is -2.34. The van der Waals surface area contributed by atoms with E-state index in [9.17, 15) is 4.79 Å². The predicted octanol–water partition coefficient (Wildman–Crippen LogP) is 4.15. The molecule has 1 aromatic heterocycles. The molecule has 5 rings (SSSR count). The summed E-state index contributed by atoms with van der Waals surface area (Å²) in [5.41, 5.74) is 2.77. The van der Waals surface area contributed by atoms with E-state index in [-0.39, 0.29) is 12.7 Å². The van der Waals surface area contributed by atoms with Gasteiger partial charge in [-0.2, -0.15) is 0 Å². The van der Waals surface area contributed by atoms with Gasteiger partial charge in [-0.05, 0) is 30.3 Å². The van der Waals surface area contributed by atoms with Crippen LogP contribution in [0.25, 0.3) is 10.6 Å². The highest BCUT2D eigenvalue weighted by atomic mass is 35.5. The monoisotopic (exact) mass is 441 g/mol. The molecule has 0 saturated carbocycles. The van der Waals surface area contributed by atoms with Crippen molar-refractivity contribution in [2.45, 2.75) is 6.54 Å². The highest BCUT2D eigenvalue weighted by Gasteiger charge is 2.24. The molecule has 2 aromatic carbocycles. The number of halogens is 1. The summed E-state index contributed by atoms with van der Waals surface area (Å²) in [7, 11) is 0. The summed E-state index contributed by atoms with van der Waals surface area (Å²) < 4.78 is 10.7. The van der Waals surface area contributed by atoms with E-state index in [1.165, 1.54) is 0 Å². The lowest BCUT2D eigenvalue weighted by molar-refractivity contribution is 0.0627. The lowest BCUT2D eigenvalue weighted by atomic mass is 10.1. The first kappa shape index (κ1) is 19.4. The molecule has 1 amide bonds. The Morgan fingerprint density at radius 2 is 1.80 bits per heavy atom. The highest BCUT2D eigenvalue weighted by Crippen LogP contribution is 2.33. The van der Waals surface area contributed by atoms with Gasteiger partial charge in [-0.25, -0.2) is 4.98 Å². The Labute approximate surface area is 183 Å². The Bertz CT molecular complexity index is 1060. The Morgan fingerprint density at radius 3 is 2.60 bits per heavy atom. The van der Waals surface area contributed by atoms with Crippen LogP contribution in [0.4, 0.5) is 0 Å². The van der Waals surface area contributed by atoms with E-state index in [0.717, 1.165) is 40.9 Å². The lowest BCUT2D eigenvalue weighted by Crippen LogP contribution is -2.48. The maximum Gasteiger partial charge on any atom is 0.254 e. The van der Waals surface area contributed by atoms with Crippen molar-refractivity contribution < 1.29 is 14.3 Å². The van der Waals surface area contributed by atoms with Crippen molar-refractivity contribution in [2.24, 2.45) is 0 Å². The molecule has 0 aliphatic carbocycles. The number of aromatic nitrogens is 1. The fourth-order valence-electron chi connectivity index (χ4n) is 3.65. The molecule has 6 nitrogen and oxygen atoms in total. The summed E-state index contributed by atoms with van der Waals surface area (Å²) in [5, 5.41) is 3.83. The van der Waals surface area contributed by atoms with Crippen molar-refractivity contribution in [1.29, 1.82) is 0 Å². The van der Waals surface area contributed by atoms with E-state index >= 15 is 0 Å². The normalized spacial score (nSPS) is 16.1. The van der Waals surface area contributed by atoms with Crippen molar-refractivity contribution >= 4 is 28.8 Å². The van der Waals surface area contributed by atoms with E-state index < -0.39 is 0 Å². The SMILES string of the molecule is O=C(c1ccc2c(c1)OCO2)N1CCN(Cc2csc(-c3ccc(Cl)cc3)n2)CC1. The summed E-state index contributed by atoms with van der Waals surface area (Å²) in [6, 6.07) is 13.1. The summed E-state index contributed by atoms with van der Waals surface area (Å²) in [6.07, 6.45) is 0. The summed E-state index contributed by atoms with van der Waals surface area (Å²) in [4.78, 5) is 21.8. The van der Waals surface area contributed by atoms with Gasteiger partial charge in [0.25, 0.3) is 5.91 Å². The number of fused-ring (bicyclic) bond motifs is 1. The zero-order chi connectivity index (χ0) is 20.5. The molecular weight excluding hydrogens is 422 g/mol. The number of rotatable bonds is 4. The van der Waals surface area contributed by atoms with E-state index in [0.29, 0.717) is 30.2 Å². The maximum atomic E-state index is 12.8. The molecule has 2 aliphatic rings. The smallest absolute Gasteiger partial charge is 0.254 e. The molecule has 8 heteroatoms. The van der Waals surface area contributed by atoms with Gasteiger partial charge in [0.05, 0.1) is 5.69 Å². The second kappa shape index (κ2) is 8.26. The zero-order valence-electron chi connectivity index (χ0n) is 16.2. The van der Waals surface area contributed by atoms with E-state index in [2.05, 4.69) is 10.3 Å². The summed E-state index contributed by atoms with van der Waals surface area (Å²) >= 11 is 7.61. The third kappa shape index (κ3) is 4.01. The second-order valence-corrected chi connectivity index (χ2v) is 8.58. The van der Waals surface area contributed by atoms with Crippen molar-refractivity contribution in [3.8, 4) is 22.1 Å². The van der Waals surface area contributed by atoms with Crippen LogP contribution in [0.2, 0.25) is 5.02 Å². The number of hydrogen-bond acceptors (Lipinski definition) is 6. The largest absolute Gasteiger partial charge is 0.454 e. The topological polar surface area (TPSA) is 54.9 Å². The minimum Gasteiger partial charge on any atom is -0.454 e. The Morgan fingerprint density at radius 1 is 1.03 bits per heavy atom. The number of carbonyl (C=O) groups is 1. The van der Waals surface area contributed by atoms with Crippen LogP contribution in [0.5, 0.6) is 11.5 Å². The van der Waals surface area contributed by atoms with Crippen molar-refractivity contribution in [3.63, 3.8) is 0 Å². The van der Waals surface area contributed by atoms with Crippen molar-refractivity contribution in [2.75, 3.05) is 33.0 Å². The first-order valence-electron chi connectivity index (χ1n) is 9.77. The number of thiazole rings is 1. The molecule has 30 heavy (non-hydrogen) atoms. The molecule has 0 unspecified atom stereocenters. The van der Waals surface area contributed by atoms with Crippen molar-refractivity contribution in [1.82, 2.24) is 14.8 Å². The van der Waals surface area contributed by atoms with Crippen LogP contribution in [0.1, 0.15) is 16.1 Å². The second-order valence-electron chi connectivity index (χ2n) is 7.29. The molecule has 0 atom stereocenters. The fraction of sp³-hybridized carbons (Fsp3) is 0.273. The molecule has 0 N–H and O–H groups in total. The van der Waals surface area contributed by atoms with Gasteiger partial charge in [0, 0.05) is 54.3 Å². The first-order chi connectivity index (χ1) is 14.7. The van der Waals surface area contributed by atoms with Crippen LogP contribution in [0.15, 0.2) is 47.8 Å². The van der Waals surface area contributed by atoms with Gasteiger partial charge >= 0.3 is 0 Å². The fourth-order valence-corrected chi connectivity index (χ4v) is 4.60. The van der Waals surface area contributed by atoms with Crippen LogP contribution in [-0.2, 0) is 6.54 Å². The maximum absolute atomic E-state index is 12.8. The summed E-state index contributed by atoms with van der Waals surface area (Å²) in [6.45, 7) is 4.04. The Balaban J connectivity index is 1.17. The molecule has 154 valence electrons. The van der Waals surface area contributed by atoms with Gasteiger partial charge in [-0.15, -0.1) is 11.3 Å².